The van der Waals surface area contributed by atoms with Crippen molar-refractivity contribution < 1.29 is 18.0 Å². The smallest absolute Gasteiger partial charge is 0.352 e. The minimum absolute atomic E-state index is 0.0609. The zero-order chi connectivity index (χ0) is 22.0. The van der Waals surface area contributed by atoms with Crippen LogP contribution in [-0.4, -0.2) is 32.3 Å². The molecule has 31 heavy (non-hydrogen) atoms. The fraction of sp³-hybridized carbons (Fsp3) is 0.667. The van der Waals surface area contributed by atoms with E-state index >= 15 is 0 Å². The number of alkyl halides is 3. The average molecular weight is 473 g/mol. The number of thioether (sulfide) groups is 1. The third kappa shape index (κ3) is 3.92. The molecule has 168 valence electrons. The van der Waals surface area contributed by atoms with Crippen LogP contribution in [0.2, 0.25) is 5.02 Å². The number of aromatic nitrogens is 3. The van der Waals surface area contributed by atoms with Gasteiger partial charge in [-0.1, -0.05) is 23.4 Å². The van der Waals surface area contributed by atoms with Crippen LogP contribution < -0.4 is 5.32 Å². The first kappa shape index (κ1) is 21.4. The lowest BCUT2D eigenvalue weighted by molar-refractivity contribution is -0.137. The maximum atomic E-state index is 13.1. The topological polar surface area (TPSA) is 59.3 Å². The molecule has 0 radical (unpaired) electrons. The van der Waals surface area contributed by atoms with Gasteiger partial charge in [-0.2, -0.15) is 13.2 Å². The predicted octanol–water partition coefficient (Wildman–Crippen LogP) is 5.21. The molecule has 6 rings (SSSR count). The fourth-order valence-corrected chi connectivity index (χ4v) is 7.43. The molecule has 4 aliphatic carbocycles. The van der Waals surface area contributed by atoms with Crippen LogP contribution in [0.3, 0.4) is 0 Å². The van der Waals surface area contributed by atoms with E-state index in [1.165, 1.54) is 42.9 Å². The molecule has 1 amide bonds. The number of pyridine rings is 1. The van der Waals surface area contributed by atoms with Crippen molar-refractivity contribution in [3.05, 3.63) is 22.8 Å². The number of fused-ring (bicyclic) bond motifs is 1. The van der Waals surface area contributed by atoms with E-state index in [1.54, 1.807) is 0 Å². The number of hydrogen-bond acceptors (Lipinski definition) is 4. The summed E-state index contributed by atoms with van der Waals surface area (Å²) in [5, 5.41) is 11.0. The maximum Gasteiger partial charge on any atom is 0.417 e. The number of amides is 1. The van der Waals surface area contributed by atoms with E-state index in [0.29, 0.717) is 0 Å². The van der Waals surface area contributed by atoms with E-state index < -0.39 is 11.7 Å². The molecule has 0 spiro atoms. The molecule has 0 unspecified atom stereocenters. The quantitative estimate of drug-likeness (QED) is 0.606. The minimum atomic E-state index is -4.53. The van der Waals surface area contributed by atoms with Crippen molar-refractivity contribution >= 4 is 34.9 Å². The third-order valence-electron chi connectivity index (χ3n) is 7.47. The second kappa shape index (κ2) is 7.54. The van der Waals surface area contributed by atoms with Gasteiger partial charge in [-0.25, -0.2) is 0 Å². The lowest BCUT2D eigenvalue weighted by Gasteiger charge is -2.59. The molecule has 0 aliphatic heterocycles. The van der Waals surface area contributed by atoms with Gasteiger partial charge in [0.25, 0.3) is 0 Å². The second-order valence-corrected chi connectivity index (χ2v) is 11.0. The Bertz CT molecular complexity index is 989. The van der Waals surface area contributed by atoms with Crippen molar-refractivity contribution in [3.63, 3.8) is 0 Å². The summed E-state index contributed by atoms with van der Waals surface area (Å²) in [6.07, 6.45) is 4.01. The fourth-order valence-electron chi connectivity index (χ4n) is 6.46. The highest BCUT2D eigenvalue weighted by Crippen LogP contribution is 2.61. The second-order valence-electron chi connectivity index (χ2n) is 9.61. The van der Waals surface area contributed by atoms with Gasteiger partial charge in [0.05, 0.1) is 16.3 Å². The largest absolute Gasteiger partial charge is 0.417 e. The van der Waals surface area contributed by atoms with E-state index in [9.17, 15) is 18.0 Å². The first-order valence-corrected chi connectivity index (χ1v) is 12.0. The zero-order valence-corrected chi connectivity index (χ0v) is 18.7. The summed E-state index contributed by atoms with van der Waals surface area (Å²) in [6, 6.07) is 0.926. The van der Waals surface area contributed by atoms with Gasteiger partial charge >= 0.3 is 6.18 Å². The van der Waals surface area contributed by atoms with Gasteiger partial charge in [0.15, 0.2) is 10.8 Å². The Balaban J connectivity index is 1.26. The van der Waals surface area contributed by atoms with Crippen LogP contribution in [0.1, 0.15) is 51.0 Å². The molecule has 2 aromatic rings. The van der Waals surface area contributed by atoms with Gasteiger partial charge in [-0.05, 0) is 74.7 Å². The number of halogens is 4. The summed E-state index contributed by atoms with van der Waals surface area (Å²) in [4.78, 5) is 12.7. The van der Waals surface area contributed by atoms with E-state index in [0.717, 1.165) is 41.8 Å². The van der Waals surface area contributed by atoms with Crippen molar-refractivity contribution in [2.75, 3.05) is 5.75 Å². The average Bonchev–Trinajstić information content (AvgIpc) is 3.08. The Morgan fingerprint density at radius 1 is 1.26 bits per heavy atom. The Morgan fingerprint density at radius 3 is 2.45 bits per heavy atom. The molecule has 0 saturated heterocycles. The zero-order valence-electron chi connectivity index (χ0n) is 17.1. The third-order valence-corrected chi connectivity index (χ3v) is 8.69. The lowest BCUT2D eigenvalue weighted by atomic mass is 9.48. The van der Waals surface area contributed by atoms with Crippen LogP contribution >= 0.6 is 23.4 Å². The molecule has 4 aliphatic rings. The highest BCUT2D eigenvalue weighted by molar-refractivity contribution is 7.99. The summed E-state index contributed by atoms with van der Waals surface area (Å²) in [5.74, 6) is 2.33. The summed E-state index contributed by atoms with van der Waals surface area (Å²) in [7, 11) is 0. The summed E-state index contributed by atoms with van der Waals surface area (Å²) in [6.45, 7) is 2.11. The number of nitrogens with one attached hydrogen (secondary N) is 1. The monoisotopic (exact) mass is 472 g/mol. The van der Waals surface area contributed by atoms with E-state index in [4.69, 9.17) is 11.6 Å². The molecule has 1 N–H and O–H groups in total. The highest BCUT2D eigenvalue weighted by Gasteiger charge is 2.53. The van der Waals surface area contributed by atoms with Crippen LogP contribution in [-0.2, 0) is 11.0 Å². The first-order valence-electron chi connectivity index (χ1n) is 10.7. The van der Waals surface area contributed by atoms with Crippen LogP contribution in [0.5, 0.6) is 0 Å². The highest BCUT2D eigenvalue weighted by atomic mass is 35.5. The normalized spacial score (nSPS) is 30.7. The molecule has 4 fully saturated rings. The Kier molecular flexibility index (Phi) is 5.20. The first-order chi connectivity index (χ1) is 14.6. The maximum absolute atomic E-state index is 13.1. The number of rotatable bonds is 5. The molecule has 4 saturated carbocycles. The number of hydrogen-bond donors (Lipinski definition) is 1. The van der Waals surface area contributed by atoms with Crippen LogP contribution in [0, 0.1) is 23.2 Å². The Hall–Kier alpha value is -1.48. The van der Waals surface area contributed by atoms with Gasteiger partial charge in [-0.15, -0.1) is 10.2 Å². The van der Waals surface area contributed by atoms with Gasteiger partial charge in [0.1, 0.15) is 0 Å². The van der Waals surface area contributed by atoms with E-state index in [1.807, 2.05) is 0 Å². The molecule has 10 heteroatoms. The van der Waals surface area contributed by atoms with Gasteiger partial charge < -0.3 is 5.32 Å². The summed E-state index contributed by atoms with van der Waals surface area (Å²) in [5.41, 5.74) is -0.544. The molecule has 2 heterocycles. The van der Waals surface area contributed by atoms with Crippen molar-refractivity contribution in [2.45, 2.75) is 62.8 Å². The van der Waals surface area contributed by atoms with Crippen molar-refractivity contribution in [1.82, 2.24) is 19.9 Å². The molecule has 5 nitrogen and oxygen atoms in total. The predicted molar refractivity (Wildman–Crippen MR) is 112 cm³/mol. The molecule has 2 aromatic heterocycles. The standard InChI is InChI=1S/C21H24ClF3N4OS/c1-11(20-6-12-2-13(7-20)4-14(3-12)8-20)26-17(30)10-31-19-28-27-18-16(22)5-15(9-29(18)19)21(23,24)25/h5,9,11-14H,2-4,6-8,10H2,1H3,(H,26,30)/t11-,12?,13?,14?,20?/m0/s1. The molecule has 0 aromatic carbocycles. The SMILES string of the molecule is C[C@H](NC(=O)CSc1nnc2c(Cl)cc(C(F)(F)F)cn12)C12CC3CC(CC(C3)C1)C2. The lowest BCUT2D eigenvalue weighted by Crippen LogP contribution is -2.56. The van der Waals surface area contributed by atoms with Crippen LogP contribution in [0.15, 0.2) is 17.4 Å². The Labute approximate surface area is 187 Å². The molecule has 4 bridgehead atoms. The van der Waals surface area contributed by atoms with Crippen molar-refractivity contribution in [2.24, 2.45) is 23.2 Å². The van der Waals surface area contributed by atoms with Crippen molar-refractivity contribution in [3.8, 4) is 0 Å². The van der Waals surface area contributed by atoms with E-state index in [2.05, 4.69) is 22.4 Å². The van der Waals surface area contributed by atoms with Crippen molar-refractivity contribution in [1.29, 1.82) is 0 Å². The summed E-state index contributed by atoms with van der Waals surface area (Å²) >= 11 is 7.01. The molecule has 1 atom stereocenters. The number of carbonyl (C=O) groups excluding carboxylic acids is 1. The Morgan fingerprint density at radius 2 is 1.87 bits per heavy atom. The number of nitrogens with zero attached hydrogens (tertiary/aromatic N) is 3. The molecular weight excluding hydrogens is 449 g/mol. The molecular formula is C21H24ClF3N4OS. The number of carbonyl (C=O) groups is 1. The van der Waals surface area contributed by atoms with E-state index in [-0.39, 0.29) is 38.9 Å². The van der Waals surface area contributed by atoms with Gasteiger partial charge in [-0.3, -0.25) is 9.20 Å². The van der Waals surface area contributed by atoms with Crippen LogP contribution in [0.25, 0.3) is 5.65 Å². The van der Waals surface area contributed by atoms with Gasteiger partial charge in [0.2, 0.25) is 5.91 Å². The van der Waals surface area contributed by atoms with Gasteiger partial charge in [0, 0.05) is 12.2 Å². The summed E-state index contributed by atoms with van der Waals surface area (Å²) < 4.78 is 40.6. The minimum Gasteiger partial charge on any atom is -0.352 e. The van der Waals surface area contributed by atoms with Crippen LogP contribution in [0.4, 0.5) is 13.2 Å².